The van der Waals surface area contributed by atoms with Gasteiger partial charge in [-0.05, 0) is 43.7 Å². The van der Waals surface area contributed by atoms with Crippen LogP contribution in [0.4, 0.5) is 5.69 Å². The van der Waals surface area contributed by atoms with E-state index in [9.17, 15) is 9.90 Å². The molecule has 0 aliphatic carbocycles. The van der Waals surface area contributed by atoms with Gasteiger partial charge < -0.3 is 20.5 Å². The maximum Gasteiger partial charge on any atom is 0.274 e. The number of rotatable bonds is 7. The number of carbonyl (C=O) groups excluding carboxylic acids is 1. The number of benzene rings is 1. The molecule has 6 rings (SSSR count). The van der Waals surface area contributed by atoms with Gasteiger partial charge in [-0.1, -0.05) is 19.1 Å². The molecule has 10 nitrogen and oxygen atoms in total. The van der Waals surface area contributed by atoms with Crippen molar-refractivity contribution in [1.29, 1.82) is 0 Å². The standard InChI is InChI=1S/C28H29N7O3/c1-3-20-27-21(8-5-9-22(27)35(33-20)16-18-7-4-6-17(2)31-18)32-28(37)23-13-30-26-12-19(10-11-34(23)26)38-25-15-29-14-24(25)36/h4-13,24-25,29,36H,3,14-16H2,1-2H3,(H,32,37)/t24-,25+/m0/s1. The molecule has 0 bridgehead atoms. The number of aliphatic hydroxyl groups excluding tert-OH is 1. The number of nitrogens with zero attached hydrogens (tertiary/aromatic N) is 5. The van der Waals surface area contributed by atoms with Gasteiger partial charge in [0.2, 0.25) is 0 Å². The Balaban J connectivity index is 1.27. The van der Waals surface area contributed by atoms with Crippen LogP contribution in [-0.2, 0) is 13.0 Å². The third-order valence-corrected chi connectivity index (χ3v) is 6.82. The van der Waals surface area contributed by atoms with Gasteiger partial charge in [0.05, 0.1) is 35.3 Å². The van der Waals surface area contributed by atoms with Crippen molar-refractivity contribution in [2.75, 3.05) is 18.4 Å². The van der Waals surface area contributed by atoms with Crippen LogP contribution in [0.1, 0.15) is 34.5 Å². The predicted octanol–water partition coefficient (Wildman–Crippen LogP) is 2.96. The number of carbonyl (C=O) groups is 1. The monoisotopic (exact) mass is 511 g/mol. The maximum atomic E-state index is 13.4. The molecule has 0 spiro atoms. The van der Waals surface area contributed by atoms with Crippen LogP contribution in [0.3, 0.4) is 0 Å². The summed E-state index contributed by atoms with van der Waals surface area (Å²) < 4.78 is 9.57. The van der Waals surface area contributed by atoms with Crippen LogP contribution in [0, 0.1) is 6.92 Å². The number of aromatic nitrogens is 5. The molecule has 4 aromatic heterocycles. The van der Waals surface area contributed by atoms with Crippen molar-refractivity contribution < 1.29 is 14.6 Å². The number of aliphatic hydroxyl groups is 1. The van der Waals surface area contributed by atoms with E-state index in [1.54, 1.807) is 28.9 Å². The molecule has 0 unspecified atom stereocenters. The molecular weight excluding hydrogens is 482 g/mol. The van der Waals surface area contributed by atoms with Crippen LogP contribution in [0.25, 0.3) is 16.6 Å². The lowest BCUT2D eigenvalue weighted by Crippen LogP contribution is -2.29. The van der Waals surface area contributed by atoms with Crippen molar-refractivity contribution in [2.24, 2.45) is 0 Å². The molecule has 5 aromatic rings. The van der Waals surface area contributed by atoms with E-state index in [2.05, 4.69) is 27.5 Å². The third-order valence-electron chi connectivity index (χ3n) is 6.82. The van der Waals surface area contributed by atoms with Crippen LogP contribution < -0.4 is 15.4 Å². The van der Waals surface area contributed by atoms with E-state index in [4.69, 9.17) is 9.84 Å². The highest BCUT2D eigenvalue weighted by Gasteiger charge is 2.27. The molecule has 38 heavy (non-hydrogen) atoms. The average molecular weight is 512 g/mol. The van der Waals surface area contributed by atoms with Crippen LogP contribution in [0.15, 0.2) is 60.9 Å². The Hall–Kier alpha value is -4.28. The average Bonchev–Trinajstić information content (AvgIpc) is 3.61. The quantitative estimate of drug-likeness (QED) is 0.307. The predicted molar refractivity (Wildman–Crippen MR) is 144 cm³/mol. The second-order valence-corrected chi connectivity index (χ2v) is 9.50. The summed E-state index contributed by atoms with van der Waals surface area (Å²) in [5.74, 6) is 0.319. The second-order valence-electron chi connectivity index (χ2n) is 9.50. The zero-order chi connectivity index (χ0) is 26.2. The number of nitrogens with one attached hydrogen (secondary N) is 2. The second kappa shape index (κ2) is 9.88. The van der Waals surface area contributed by atoms with Gasteiger partial charge in [-0.3, -0.25) is 18.9 Å². The molecular formula is C28H29N7O3. The van der Waals surface area contributed by atoms with Gasteiger partial charge in [0, 0.05) is 36.4 Å². The molecule has 1 aromatic carbocycles. The molecule has 1 amide bonds. The summed E-state index contributed by atoms with van der Waals surface area (Å²) in [6, 6.07) is 15.3. The number of amides is 1. The molecule has 1 fully saturated rings. The minimum Gasteiger partial charge on any atom is -0.486 e. The Morgan fingerprint density at radius 3 is 2.87 bits per heavy atom. The fourth-order valence-corrected chi connectivity index (χ4v) is 4.95. The molecule has 2 atom stereocenters. The molecule has 10 heteroatoms. The minimum absolute atomic E-state index is 0.274. The molecule has 1 aliphatic rings. The number of fused-ring (bicyclic) bond motifs is 2. The highest BCUT2D eigenvalue weighted by molar-refractivity contribution is 6.08. The lowest BCUT2D eigenvalue weighted by atomic mass is 10.1. The molecule has 194 valence electrons. The molecule has 1 saturated heterocycles. The van der Waals surface area contributed by atoms with Gasteiger partial charge >= 0.3 is 0 Å². The number of hydrogen-bond acceptors (Lipinski definition) is 7. The van der Waals surface area contributed by atoms with E-state index in [1.807, 2.05) is 48.0 Å². The number of aryl methyl sites for hydroxylation is 2. The number of imidazole rings is 1. The van der Waals surface area contributed by atoms with Gasteiger partial charge in [0.15, 0.2) is 0 Å². The van der Waals surface area contributed by atoms with Crippen LogP contribution in [0.2, 0.25) is 0 Å². The molecule has 0 saturated carbocycles. The topological polar surface area (TPSA) is 119 Å². The van der Waals surface area contributed by atoms with E-state index in [0.717, 1.165) is 34.4 Å². The largest absolute Gasteiger partial charge is 0.486 e. The van der Waals surface area contributed by atoms with E-state index >= 15 is 0 Å². The number of β-amino-alcohol motifs (C(OH)–C–C–N with tert-alkyl or cyclic N) is 1. The van der Waals surface area contributed by atoms with Crippen molar-refractivity contribution in [2.45, 2.75) is 39.0 Å². The third kappa shape index (κ3) is 4.48. The van der Waals surface area contributed by atoms with E-state index in [1.165, 1.54) is 0 Å². The van der Waals surface area contributed by atoms with E-state index < -0.39 is 6.10 Å². The molecule has 5 heterocycles. The number of hydrogen-bond donors (Lipinski definition) is 3. The summed E-state index contributed by atoms with van der Waals surface area (Å²) in [5.41, 5.74) is 5.42. The van der Waals surface area contributed by atoms with Crippen molar-refractivity contribution in [3.63, 3.8) is 0 Å². The van der Waals surface area contributed by atoms with Gasteiger partial charge in [0.1, 0.15) is 29.3 Å². The minimum atomic E-state index is -0.555. The van der Waals surface area contributed by atoms with Crippen LogP contribution >= 0.6 is 0 Å². The number of ether oxygens (including phenoxy) is 1. The fraction of sp³-hybridized carbons (Fsp3) is 0.286. The Morgan fingerprint density at radius 1 is 1.21 bits per heavy atom. The first-order valence-electron chi connectivity index (χ1n) is 12.7. The first-order valence-corrected chi connectivity index (χ1v) is 12.7. The van der Waals surface area contributed by atoms with Crippen LogP contribution in [-0.4, -0.2) is 60.5 Å². The number of anilines is 1. The summed E-state index contributed by atoms with van der Waals surface area (Å²) in [7, 11) is 0. The Kier molecular flexibility index (Phi) is 6.26. The highest BCUT2D eigenvalue weighted by Crippen LogP contribution is 2.29. The lowest BCUT2D eigenvalue weighted by molar-refractivity contribution is 0.0738. The normalized spacial score (nSPS) is 17.3. The van der Waals surface area contributed by atoms with Crippen molar-refractivity contribution in [3.05, 3.63) is 83.7 Å². The van der Waals surface area contributed by atoms with E-state index in [0.29, 0.717) is 42.4 Å². The summed E-state index contributed by atoms with van der Waals surface area (Å²) in [5, 5.41) is 22.0. The first kappa shape index (κ1) is 24.1. The van der Waals surface area contributed by atoms with E-state index in [-0.39, 0.29) is 12.0 Å². The fourth-order valence-electron chi connectivity index (χ4n) is 4.95. The highest BCUT2D eigenvalue weighted by atomic mass is 16.5. The summed E-state index contributed by atoms with van der Waals surface area (Å²) >= 11 is 0. The van der Waals surface area contributed by atoms with Gasteiger partial charge in [-0.2, -0.15) is 5.10 Å². The van der Waals surface area contributed by atoms with Crippen LogP contribution in [0.5, 0.6) is 5.75 Å². The maximum absolute atomic E-state index is 13.4. The summed E-state index contributed by atoms with van der Waals surface area (Å²) in [6.45, 7) is 5.66. The summed E-state index contributed by atoms with van der Waals surface area (Å²) in [4.78, 5) is 22.4. The van der Waals surface area contributed by atoms with Gasteiger partial charge in [-0.25, -0.2) is 4.98 Å². The Labute approximate surface area is 219 Å². The van der Waals surface area contributed by atoms with Gasteiger partial charge in [0.25, 0.3) is 5.91 Å². The zero-order valence-corrected chi connectivity index (χ0v) is 21.3. The lowest BCUT2D eigenvalue weighted by Gasteiger charge is -2.16. The SMILES string of the molecule is CCc1nn(Cc2cccc(C)n2)c2cccc(NC(=O)c3cnc4cc(O[C@@H]5CNC[C@@H]5O)ccn34)c12. The summed E-state index contributed by atoms with van der Waals surface area (Å²) in [6.07, 6.45) is 3.16. The smallest absolute Gasteiger partial charge is 0.274 e. The zero-order valence-electron chi connectivity index (χ0n) is 21.3. The number of pyridine rings is 2. The van der Waals surface area contributed by atoms with Crippen molar-refractivity contribution in [3.8, 4) is 5.75 Å². The van der Waals surface area contributed by atoms with Gasteiger partial charge in [-0.15, -0.1) is 0 Å². The van der Waals surface area contributed by atoms with Crippen molar-refractivity contribution >= 4 is 28.1 Å². The molecule has 0 radical (unpaired) electrons. The van der Waals surface area contributed by atoms with Crippen molar-refractivity contribution in [1.82, 2.24) is 29.5 Å². The Bertz CT molecular complexity index is 1640. The molecule has 3 N–H and O–H groups in total. The Morgan fingerprint density at radius 2 is 2.08 bits per heavy atom. The first-order chi connectivity index (χ1) is 18.5. The molecule has 1 aliphatic heterocycles.